The van der Waals surface area contributed by atoms with E-state index in [1.165, 1.54) is 0 Å². The maximum Gasteiger partial charge on any atom is 0.416 e. The van der Waals surface area contributed by atoms with E-state index in [1.54, 1.807) is 0 Å². The van der Waals surface area contributed by atoms with E-state index >= 15 is 0 Å². The first kappa shape index (κ1) is 10.9. The zero-order chi connectivity index (χ0) is 11.5. The molecule has 3 amide bonds. The van der Waals surface area contributed by atoms with Gasteiger partial charge in [-0.2, -0.15) is 0 Å². The van der Waals surface area contributed by atoms with Crippen LogP contribution >= 0.6 is 0 Å². The zero-order valence-electron chi connectivity index (χ0n) is 8.90. The smallest absolute Gasteiger partial charge is 0.416 e. The van der Waals surface area contributed by atoms with Gasteiger partial charge in [-0.1, -0.05) is 0 Å². The first-order chi connectivity index (χ1) is 7.68. The van der Waals surface area contributed by atoms with Crippen molar-refractivity contribution in [2.45, 2.75) is 19.3 Å². The van der Waals surface area contributed by atoms with Crippen LogP contribution in [0, 0.1) is 5.92 Å². The van der Waals surface area contributed by atoms with Crippen LogP contribution in [0.15, 0.2) is 0 Å². The topological polar surface area (TPSA) is 75.7 Å². The minimum absolute atomic E-state index is 0.0284. The van der Waals surface area contributed by atoms with E-state index in [9.17, 15) is 14.4 Å². The predicted octanol–water partition coefficient (Wildman–Crippen LogP) is -0.118. The quantitative estimate of drug-likeness (QED) is 0.676. The summed E-state index contributed by atoms with van der Waals surface area (Å²) in [5.74, 6) is -0.555. The van der Waals surface area contributed by atoms with Crippen molar-refractivity contribution in [1.82, 2.24) is 10.2 Å². The van der Waals surface area contributed by atoms with Crippen LogP contribution in [0.2, 0.25) is 0 Å². The Balaban J connectivity index is 1.98. The largest absolute Gasteiger partial charge is 0.447 e. The molecule has 2 rings (SSSR count). The summed E-state index contributed by atoms with van der Waals surface area (Å²) < 4.78 is 4.71. The van der Waals surface area contributed by atoms with Gasteiger partial charge in [-0.3, -0.25) is 9.59 Å². The number of hydrogen-bond acceptors (Lipinski definition) is 4. The Kier molecular flexibility index (Phi) is 3.07. The van der Waals surface area contributed by atoms with Crippen LogP contribution in [0.1, 0.15) is 19.3 Å². The molecule has 6 heteroatoms. The van der Waals surface area contributed by atoms with Gasteiger partial charge in [-0.25, -0.2) is 9.69 Å². The Morgan fingerprint density at radius 2 is 2.25 bits per heavy atom. The van der Waals surface area contributed by atoms with E-state index in [2.05, 4.69) is 5.32 Å². The molecular weight excluding hydrogens is 212 g/mol. The molecule has 0 spiro atoms. The minimum Gasteiger partial charge on any atom is -0.447 e. The Labute approximate surface area is 92.9 Å². The van der Waals surface area contributed by atoms with Crippen molar-refractivity contribution < 1.29 is 19.1 Å². The molecule has 16 heavy (non-hydrogen) atoms. The van der Waals surface area contributed by atoms with Crippen LogP contribution in [-0.2, 0) is 14.3 Å². The number of ether oxygens (including phenoxy) is 1. The molecule has 2 saturated heterocycles. The molecule has 0 aliphatic carbocycles. The highest BCUT2D eigenvalue weighted by Gasteiger charge is 2.34. The first-order valence-corrected chi connectivity index (χ1v) is 5.43. The fourth-order valence-electron chi connectivity index (χ4n) is 1.96. The Hall–Kier alpha value is -1.59. The van der Waals surface area contributed by atoms with Gasteiger partial charge in [0.25, 0.3) is 0 Å². The van der Waals surface area contributed by atoms with Crippen molar-refractivity contribution in [3.63, 3.8) is 0 Å². The minimum atomic E-state index is -0.569. The maximum absolute atomic E-state index is 11.9. The summed E-state index contributed by atoms with van der Waals surface area (Å²) in [6.07, 6.45) is 1.21. The first-order valence-electron chi connectivity index (χ1n) is 5.43. The van der Waals surface area contributed by atoms with Crippen molar-refractivity contribution in [1.29, 1.82) is 0 Å². The molecule has 1 atom stereocenters. The maximum atomic E-state index is 11.9. The lowest BCUT2D eigenvalue weighted by Crippen LogP contribution is -2.40. The third-order valence-corrected chi connectivity index (χ3v) is 2.88. The summed E-state index contributed by atoms with van der Waals surface area (Å²) >= 11 is 0. The van der Waals surface area contributed by atoms with E-state index in [-0.39, 0.29) is 24.3 Å². The number of carbonyl (C=O) groups is 3. The van der Waals surface area contributed by atoms with Crippen LogP contribution in [0.25, 0.3) is 0 Å². The molecule has 2 aliphatic rings. The molecule has 1 N–H and O–H groups in total. The van der Waals surface area contributed by atoms with E-state index in [0.29, 0.717) is 32.4 Å². The van der Waals surface area contributed by atoms with Crippen LogP contribution in [0.4, 0.5) is 4.79 Å². The van der Waals surface area contributed by atoms with Gasteiger partial charge in [-0.15, -0.1) is 0 Å². The molecule has 2 fully saturated rings. The number of cyclic esters (lactones) is 1. The van der Waals surface area contributed by atoms with Gasteiger partial charge >= 0.3 is 6.09 Å². The van der Waals surface area contributed by atoms with Crippen molar-refractivity contribution in [3.8, 4) is 0 Å². The molecule has 0 saturated carbocycles. The second kappa shape index (κ2) is 4.51. The van der Waals surface area contributed by atoms with E-state index in [0.717, 1.165) is 4.90 Å². The van der Waals surface area contributed by atoms with Crippen molar-refractivity contribution in [2.24, 2.45) is 5.92 Å². The molecule has 0 bridgehead atoms. The van der Waals surface area contributed by atoms with Crippen LogP contribution in [0.3, 0.4) is 0 Å². The van der Waals surface area contributed by atoms with Crippen molar-refractivity contribution in [2.75, 3.05) is 19.7 Å². The molecule has 0 aromatic carbocycles. The molecule has 2 aliphatic heterocycles. The summed E-state index contributed by atoms with van der Waals surface area (Å²) in [6.45, 7) is 0.910. The second-order valence-corrected chi connectivity index (χ2v) is 4.00. The lowest BCUT2D eigenvalue weighted by atomic mass is 10.0. The Morgan fingerprint density at radius 1 is 1.44 bits per heavy atom. The molecule has 6 nitrogen and oxygen atoms in total. The number of nitrogens with zero attached hydrogens (tertiary/aromatic N) is 1. The number of rotatable bonds is 1. The van der Waals surface area contributed by atoms with E-state index < -0.39 is 6.09 Å². The monoisotopic (exact) mass is 226 g/mol. The predicted molar refractivity (Wildman–Crippen MR) is 53.4 cm³/mol. The highest BCUT2D eigenvalue weighted by atomic mass is 16.6. The average molecular weight is 226 g/mol. The third-order valence-electron chi connectivity index (χ3n) is 2.88. The fraction of sp³-hybridized carbons (Fsp3) is 0.700. The third kappa shape index (κ3) is 2.15. The van der Waals surface area contributed by atoms with Crippen molar-refractivity contribution in [3.05, 3.63) is 0 Å². The number of hydrogen-bond donors (Lipinski definition) is 1. The highest BCUT2D eigenvalue weighted by Crippen LogP contribution is 2.17. The SMILES string of the molecule is O=C1CCCC(C(=O)N2CCOC2=O)CN1. The van der Waals surface area contributed by atoms with Crippen LogP contribution < -0.4 is 5.32 Å². The molecule has 0 aromatic heterocycles. The molecule has 88 valence electrons. The summed E-state index contributed by atoms with van der Waals surface area (Å²) in [5, 5.41) is 2.68. The van der Waals surface area contributed by atoms with Gasteiger partial charge in [-0.05, 0) is 12.8 Å². The molecule has 0 aromatic rings. The number of amides is 3. The number of carbonyl (C=O) groups excluding carboxylic acids is 3. The number of nitrogens with one attached hydrogen (secondary N) is 1. The van der Waals surface area contributed by atoms with Crippen LogP contribution in [0.5, 0.6) is 0 Å². The van der Waals surface area contributed by atoms with Gasteiger partial charge in [0.1, 0.15) is 6.61 Å². The summed E-state index contributed by atoms with van der Waals surface area (Å²) in [5.41, 5.74) is 0. The van der Waals surface area contributed by atoms with Crippen LogP contribution in [-0.4, -0.2) is 42.5 Å². The summed E-state index contributed by atoms with van der Waals surface area (Å²) in [6, 6.07) is 0. The highest BCUT2D eigenvalue weighted by molar-refractivity contribution is 5.94. The second-order valence-electron chi connectivity index (χ2n) is 4.00. The molecule has 2 heterocycles. The summed E-state index contributed by atoms with van der Waals surface area (Å²) in [4.78, 5) is 35.4. The molecule has 0 radical (unpaired) electrons. The average Bonchev–Trinajstić information content (AvgIpc) is 2.56. The van der Waals surface area contributed by atoms with Gasteiger partial charge < -0.3 is 10.1 Å². The lowest BCUT2D eigenvalue weighted by Gasteiger charge is -2.18. The van der Waals surface area contributed by atoms with Crippen molar-refractivity contribution >= 4 is 17.9 Å². The van der Waals surface area contributed by atoms with E-state index in [4.69, 9.17) is 4.74 Å². The Morgan fingerprint density at radius 3 is 2.94 bits per heavy atom. The van der Waals surface area contributed by atoms with Gasteiger partial charge in [0.15, 0.2) is 0 Å². The summed E-state index contributed by atoms with van der Waals surface area (Å²) in [7, 11) is 0. The standard InChI is InChI=1S/C10H14N2O4/c13-8-3-1-2-7(6-11-8)9(14)12-4-5-16-10(12)15/h7H,1-6H2,(H,11,13). The fourth-order valence-corrected chi connectivity index (χ4v) is 1.96. The molecule has 1 unspecified atom stereocenters. The zero-order valence-corrected chi connectivity index (χ0v) is 8.90. The normalized spacial score (nSPS) is 26.0. The van der Waals surface area contributed by atoms with Gasteiger partial charge in [0.2, 0.25) is 11.8 Å². The van der Waals surface area contributed by atoms with Gasteiger partial charge in [0, 0.05) is 13.0 Å². The molecular formula is C10H14N2O4. The lowest BCUT2D eigenvalue weighted by molar-refractivity contribution is -0.132. The van der Waals surface area contributed by atoms with Gasteiger partial charge in [0.05, 0.1) is 12.5 Å². The Bertz CT molecular complexity index is 329. The number of imide groups is 1. The van der Waals surface area contributed by atoms with E-state index in [1.807, 2.05) is 0 Å².